The van der Waals surface area contributed by atoms with Crippen molar-refractivity contribution in [3.05, 3.63) is 35.8 Å². The number of pyridine rings is 1. The van der Waals surface area contributed by atoms with E-state index in [4.69, 9.17) is 4.74 Å². The number of nitrogens with zero attached hydrogens (tertiary/aromatic N) is 2. The van der Waals surface area contributed by atoms with Gasteiger partial charge in [-0.1, -0.05) is 6.07 Å². The molecular formula is C11H12F2N2O. The fourth-order valence-electron chi connectivity index (χ4n) is 1.50. The van der Waals surface area contributed by atoms with Crippen molar-refractivity contribution in [2.45, 2.75) is 20.0 Å². The topological polar surface area (TPSA) is 26.5 Å². The molecular weight excluding hydrogens is 214 g/mol. The Morgan fingerprint density at radius 1 is 1.44 bits per heavy atom. The summed E-state index contributed by atoms with van der Waals surface area (Å²) in [6.45, 7) is 1.60. The van der Waals surface area contributed by atoms with Crippen molar-refractivity contribution in [1.82, 2.24) is 9.38 Å². The van der Waals surface area contributed by atoms with Crippen LogP contribution in [0.25, 0.3) is 5.65 Å². The van der Waals surface area contributed by atoms with E-state index < -0.39 is 13.0 Å². The SMILES string of the molecule is Cc1cnc2ccc(COCC(F)F)cn12. The van der Waals surface area contributed by atoms with Gasteiger partial charge in [0.05, 0.1) is 6.61 Å². The average Bonchev–Trinajstić information content (AvgIpc) is 2.60. The van der Waals surface area contributed by atoms with Gasteiger partial charge in [0.2, 0.25) is 0 Å². The molecule has 0 spiro atoms. The number of fused-ring (bicyclic) bond motifs is 1. The largest absolute Gasteiger partial charge is 0.371 e. The number of halogens is 2. The van der Waals surface area contributed by atoms with E-state index in [1.807, 2.05) is 29.7 Å². The molecule has 0 unspecified atom stereocenters. The summed E-state index contributed by atoms with van der Waals surface area (Å²) in [5, 5.41) is 0. The lowest BCUT2D eigenvalue weighted by molar-refractivity contribution is 0.00978. The van der Waals surface area contributed by atoms with Gasteiger partial charge >= 0.3 is 0 Å². The van der Waals surface area contributed by atoms with Crippen LogP contribution in [-0.4, -0.2) is 22.4 Å². The normalized spacial score (nSPS) is 11.5. The maximum Gasteiger partial charge on any atom is 0.261 e. The summed E-state index contributed by atoms with van der Waals surface area (Å²) >= 11 is 0. The van der Waals surface area contributed by atoms with Crippen LogP contribution in [-0.2, 0) is 11.3 Å². The molecule has 0 saturated carbocycles. The number of ether oxygens (including phenoxy) is 1. The first-order chi connectivity index (χ1) is 7.66. The van der Waals surface area contributed by atoms with Gasteiger partial charge in [-0.15, -0.1) is 0 Å². The fraction of sp³-hybridized carbons (Fsp3) is 0.364. The van der Waals surface area contributed by atoms with E-state index in [2.05, 4.69) is 4.98 Å². The summed E-state index contributed by atoms with van der Waals surface area (Å²) in [5.74, 6) is 0. The van der Waals surface area contributed by atoms with Crippen LogP contribution < -0.4 is 0 Å². The van der Waals surface area contributed by atoms with Gasteiger partial charge in [0, 0.05) is 18.1 Å². The maximum absolute atomic E-state index is 11.9. The lowest BCUT2D eigenvalue weighted by Crippen LogP contribution is -2.04. The average molecular weight is 226 g/mol. The van der Waals surface area contributed by atoms with E-state index in [-0.39, 0.29) is 6.61 Å². The Morgan fingerprint density at radius 3 is 3.00 bits per heavy atom. The monoisotopic (exact) mass is 226 g/mol. The molecule has 16 heavy (non-hydrogen) atoms. The minimum Gasteiger partial charge on any atom is -0.371 e. The number of aryl methyl sites for hydroxylation is 1. The molecule has 0 radical (unpaired) electrons. The van der Waals surface area contributed by atoms with Crippen molar-refractivity contribution in [2.75, 3.05) is 6.61 Å². The quantitative estimate of drug-likeness (QED) is 0.800. The number of imidazole rings is 1. The molecule has 5 heteroatoms. The van der Waals surface area contributed by atoms with E-state index in [0.29, 0.717) is 0 Å². The highest BCUT2D eigenvalue weighted by Crippen LogP contribution is 2.09. The Bertz CT molecular complexity index is 482. The molecule has 2 heterocycles. The Hall–Kier alpha value is -1.49. The lowest BCUT2D eigenvalue weighted by Gasteiger charge is -2.05. The van der Waals surface area contributed by atoms with Crippen LogP contribution in [0, 0.1) is 6.92 Å². The summed E-state index contributed by atoms with van der Waals surface area (Å²) in [6.07, 6.45) is 1.20. The zero-order chi connectivity index (χ0) is 11.5. The molecule has 0 aliphatic rings. The van der Waals surface area contributed by atoms with E-state index in [1.165, 1.54) is 0 Å². The third kappa shape index (κ3) is 2.36. The maximum atomic E-state index is 11.9. The van der Waals surface area contributed by atoms with Crippen LogP contribution in [0.1, 0.15) is 11.3 Å². The third-order valence-electron chi connectivity index (χ3n) is 2.26. The third-order valence-corrected chi connectivity index (χ3v) is 2.26. The summed E-state index contributed by atoms with van der Waals surface area (Å²) in [6, 6.07) is 3.67. The van der Waals surface area contributed by atoms with Gasteiger partial charge in [-0.3, -0.25) is 0 Å². The van der Waals surface area contributed by atoms with Gasteiger partial charge in [0.1, 0.15) is 12.3 Å². The zero-order valence-corrected chi connectivity index (χ0v) is 8.86. The molecule has 0 aromatic carbocycles. The molecule has 2 aromatic heterocycles. The molecule has 0 N–H and O–H groups in total. The summed E-state index contributed by atoms with van der Waals surface area (Å²) in [4.78, 5) is 4.17. The van der Waals surface area contributed by atoms with Crippen molar-refractivity contribution in [3.8, 4) is 0 Å². The number of hydrogen-bond acceptors (Lipinski definition) is 2. The minimum atomic E-state index is -2.42. The molecule has 0 fully saturated rings. The van der Waals surface area contributed by atoms with E-state index >= 15 is 0 Å². The van der Waals surface area contributed by atoms with Gasteiger partial charge < -0.3 is 9.14 Å². The Balaban J connectivity index is 2.10. The fourth-order valence-corrected chi connectivity index (χ4v) is 1.50. The Morgan fingerprint density at radius 2 is 2.25 bits per heavy atom. The van der Waals surface area contributed by atoms with Crippen LogP contribution in [0.2, 0.25) is 0 Å². The van der Waals surface area contributed by atoms with Crippen LogP contribution in [0.15, 0.2) is 24.5 Å². The second kappa shape index (κ2) is 4.57. The van der Waals surface area contributed by atoms with E-state index in [9.17, 15) is 8.78 Å². The molecule has 0 aliphatic carbocycles. The van der Waals surface area contributed by atoms with Gasteiger partial charge in [-0.2, -0.15) is 0 Å². The molecule has 0 saturated heterocycles. The van der Waals surface area contributed by atoms with Gasteiger partial charge in [-0.25, -0.2) is 13.8 Å². The summed E-state index contributed by atoms with van der Waals surface area (Å²) < 4.78 is 30.5. The van der Waals surface area contributed by atoms with Crippen molar-refractivity contribution in [2.24, 2.45) is 0 Å². The molecule has 3 nitrogen and oxygen atoms in total. The molecule has 0 aliphatic heterocycles. The molecule has 2 rings (SSSR count). The molecule has 0 atom stereocenters. The predicted octanol–water partition coefficient (Wildman–Crippen LogP) is 2.42. The van der Waals surface area contributed by atoms with Crippen molar-refractivity contribution >= 4 is 5.65 Å². The number of hydrogen-bond donors (Lipinski definition) is 0. The Kier molecular flexibility index (Phi) is 3.14. The zero-order valence-electron chi connectivity index (χ0n) is 8.86. The van der Waals surface area contributed by atoms with E-state index in [0.717, 1.165) is 16.9 Å². The number of alkyl halides is 2. The lowest BCUT2D eigenvalue weighted by atomic mass is 10.3. The first kappa shape index (κ1) is 11.0. The molecule has 2 aromatic rings. The standard InChI is InChI=1S/C11H12F2N2O/c1-8-4-14-11-3-2-9(5-15(8)11)6-16-7-10(12)13/h2-5,10H,6-7H2,1H3. The van der Waals surface area contributed by atoms with Crippen LogP contribution in [0.5, 0.6) is 0 Å². The van der Waals surface area contributed by atoms with Crippen molar-refractivity contribution in [3.63, 3.8) is 0 Å². The van der Waals surface area contributed by atoms with Gasteiger partial charge in [0.15, 0.2) is 0 Å². The van der Waals surface area contributed by atoms with Crippen molar-refractivity contribution < 1.29 is 13.5 Å². The summed E-state index contributed by atoms with van der Waals surface area (Å²) in [5.41, 5.74) is 2.70. The highest BCUT2D eigenvalue weighted by atomic mass is 19.3. The second-order valence-corrected chi connectivity index (χ2v) is 3.57. The Labute approximate surface area is 91.7 Å². The number of rotatable bonds is 4. The second-order valence-electron chi connectivity index (χ2n) is 3.57. The molecule has 86 valence electrons. The smallest absolute Gasteiger partial charge is 0.261 e. The first-order valence-electron chi connectivity index (χ1n) is 4.95. The highest BCUT2D eigenvalue weighted by Gasteiger charge is 2.04. The highest BCUT2D eigenvalue weighted by molar-refractivity contribution is 5.41. The van der Waals surface area contributed by atoms with Crippen LogP contribution in [0.3, 0.4) is 0 Å². The predicted molar refractivity (Wildman–Crippen MR) is 55.6 cm³/mol. The minimum absolute atomic E-state index is 0.192. The summed E-state index contributed by atoms with van der Waals surface area (Å²) in [7, 11) is 0. The van der Waals surface area contributed by atoms with Crippen LogP contribution in [0.4, 0.5) is 8.78 Å². The molecule has 0 amide bonds. The van der Waals surface area contributed by atoms with Gasteiger partial charge in [0.25, 0.3) is 6.43 Å². The van der Waals surface area contributed by atoms with Crippen LogP contribution >= 0.6 is 0 Å². The van der Waals surface area contributed by atoms with Gasteiger partial charge in [-0.05, 0) is 18.6 Å². The first-order valence-corrected chi connectivity index (χ1v) is 4.95. The van der Waals surface area contributed by atoms with E-state index in [1.54, 1.807) is 6.20 Å². The molecule has 0 bridgehead atoms. The number of aromatic nitrogens is 2. The van der Waals surface area contributed by atoms with Crippen molar-refractivity contribution in [1.29, 1.82) is 0 Å².